The smallest absolute Gasteiger partial charge is 0.319 e. The summed E-state index contributed by atoms with van der Waals surface area (Å²) in [5, 5.41) is 11.3. The molecule has 0 spiro atoms. The fourth-order valence-corrected chi connectivity index (χ4v) is 2.85. The number of hydrogen-bond acceptors (Lipinski definition) is 3. The SMILES string of the molecule is COc1ccc2cc(CN(C)C(=O)C3(C(=O)O)CC3)ccc2c1. The molecule has 3 rings (SSSR count). The van der Waals surface area contributed by atoms with Gasteiger partial charge >= 0.3 is 5.97 Å². The summed E-state index contributed by atoms with van der Waals surface area (Å²) < 4.78 is 5.21. The zero-order valence-corrected chi connectivity index (χ0v) is 13.2. The van der Waals surface area contributed by atoms with Crippen molar-refractivity contribution in [2.75, 3.05) is 14.2 Å². The van der Waals surface area contributed by atoms with Gasteiger partial charge in [0.15, 0.2) is 0 Å². The largest absolute Gasteiger partial charge is 0.497 e. The number of ether oxygens (including phenoxy) is 1. The van der Waals surface area contributed by atoms with Crippen LogP contribution in [0.25, 0.3) is 10.8 Å². The van der Waals surface area contributed by atoms with Crippen molar-refractivity contribution in [1.29, 1.82) is 0 Å². The number of aliphatic carboxylic acids is 1. The molecule has 1 fully saturated rings. The fourth-order valence-electron chi connectivity index (χ4n) is 2.85. The Morgan fingerprint density at radius 2 is 1.83 bits per heavy atom. The second-order valence-corrected chi connectivity index (χ2v) is 6.10. The average molecular weight is 313 g/mol. The third kappa shape index (κ3) is 2.74. The first-order chi connectivity index (χ1) is 11.0. The molecule has 2 aromatic carbocycles. The first-order valence-electron chi connectivity index (χ1n) is 7.52. The van der Waals surface area contributed by atoms with E-state index in [1.807, 2.05) is 36.4 Å². The molecular weight excluding hydrogens is 294 g/mol. The van der Waals surface area contributed by atoms with Crippen molar-refractivity contribution in [2.45, 2.75) is 19.4 Å². The van der Waals surface area contributed by atoms with E-state index in [0.29, 0.717) is 19.4 Å². The number of carbonyl (C=O) groups excluding carboxylic acids is 1. The highest BCUT2D eigenvalue weighted by Gasteiger charge is 2.58. The topological polar surface area (TPSA) is 66.8 Å². The zero-order valence-electron chi connectivity index (χ0n) is 13.2. The second kappa shape index (κ2) is 5.57. The van der Waals surface area contributed by atoms with Crippen LogP contribution in [0.2, 0.25) is 0 Å². The number of fused-ring (bicyclic) bond motifs is 1. The Kier molecular flexibility index (Phi) is 3.72. The molecule has 1 N–H and O–H groups in total. The third-order valence-electron chi connectivity index (χ3n) is 4.45. The number of carbonyl (C=O) groups is 2. The van der Waals surface area contributed by atoms with Crippen molar-refractivity contribution in [1.82, 2.24) is 4.90 Å². The highest BCUT2D eigenvalue weighted by atomic mass is 16.5. The lowest BCUT2D eigenvalue weighted by Crippen LogP contribution is -2.38. The van der Waals surface area contributed by atoms with Gasteiger partial charge in [-0.05, 0) is 47.4 Å². The van der Waals surface area contributed by atoms with Crippen LogP contribution < -0.4 is 4.74 Å². The van der Waals surface area contributed by atoms with Crippen LogP contribution in [0.3, 0.4) is 0 Å². The first-order valence-corrected chi connectivity index (χ1v) is 7.52. The predicted octanol–water partition coefficient (Wildman–Crippen LogP) is 2.67. The number of carboxylic acid groups (broad SMARTS) is 1. The molecule has 0 atom stereocenters. The highest BCUT2D eigenvalue weighted by molar-refractivity contribution is 6.04. The van der Waals surface area contributed by atoms with E-state index in [4.69, 9.17) is 4.74 Å². The van der Waals surface area contributed by atoms with E-state index in [9.17, 15) is 14.7 Å². The molecule has 0 unspecified atom stereocenters. The second-order valence-electron chi connectivity index (χ2n) is 6.10. The van der Waals surface area contributed by atoms with Gasteiger partial charge in [0.05, 0.1) is 7.11 Å². The number of hydrogen-bond donors (Lipinski definition) is 1. The Morgan fingerprint density at radius 1 is 1.17 bits per heavy atom. The van der Waals surface area contributed by atoms with E-state index in [1.54, 1.807) is 14.2 Å². The van der Waals surface area contributed by atoms with Crippen LogP contribution >= 0.6 is 0 Å². The van der Waals surface area contributed by atoms with Crippen LogP contribution in [0.15, 0.2) is 36.4 Å². The van der Waals surface area contributed by atoms with Gasteiger partial charge in [-0.1, -0.05) is 18.2 Å². The third-order valence-corrected chi connectivity index (χ3v) is 4.45. The van der Waals surface area contributed by atoms with Crippen LogP contribution in [0.1, 0.15) is 18.4 Å². The van der Waals surface area contributed by atoms with E-state index in [0.717, 1.165) is 22.1 Å². The van der Waals surface area contributed by atoms with E-state index >= 15 is 0 Å². The Balaban J connectivity index is 1.78. The monoisotopic (exact) mass is 313 g/mol. The van der Waals surface area contributed by atoms with Gasteiger partial charge < -0.3 is 14.7 Å². The minimum Gasteiger partial charge on any atom is -0.497 e. The molecule has 5 heteroatoms. The van der Waals surface area contributed by atoms with E-state index < -0.39 is 11.4 Å². The van der Waals surface area contributed by atoms with Crippen LogP contribution in [0, 0.1) is 5.41 Å². The fraction of sp³-hybridized carbons (Fsp3) is 0.333. The molecule has 1 amide bonds. The van der Waals surface area contributed by atoms with Crippen molar-refractivity contribution in [2.24, 2.45) is 5.41 Å². The molecule has 0 aliphatic heterocycles. The summed E-state index contributed by atoms with van der Waals surface area (Å²) in [6.07, 6.45) is 0.867. The lowest BCUT2D eigenvalue weighted by atomic mass is 10.0. The number of benzene rings is 2. The Bertz CT molecular complexity index is 780. The molecule has 23 heavy (non-hydrogen) atoms. The van der Waals surface area contributed by atoms with Crippen LogP contribution in [0.4, 0.5) is 0 Å². The van der Waals surface area contributed by atoms with E-state index in [2.05, 4.69) is 0 Å². The van der Waals surface area contributed by atoms with Crippen molar-refractivity contribution >= 4 is 22.6 Å². The summed E-state index contributed by atoms with van der Waals surface area (Å²) in [6, 6.07) is 11.8. The average Bonchev–Trinajstić information content (AvgIpc) is 3.35. The van der Waals surface area contributed by atoms with Crippen LogP contribution in [-0.2, 0) is 16.1 Å². The van der Waals surface area contributed by atoms with Crippen molar-refractivity contribution in [3.05, 3.63) is 42.0 Å². The summed E-state index contributed by atoms with van der Waals surface area (Å²) in [4.78, 5) is 25.1. The lowest BCUT2D eigenvalue weighted by Gasteiger charge is -2.21. The molecular formula is C18H19NO4. The molecule has 1 saturated carbocycles. The molecule has 1 aliphatic carbocycles. The Morgan fingerprint density at radius 3 is 2.43 bits per heavy atom. The molecule has 5 nitrogen and oxygen atoms in total. The molecule has 0 radical (unpaired) electrons. The maximum absolute atomic E-state index is 12.3. The molecule has 2 aromatic rings. The van der Waals surface area contributed by atoms with Gasteiger partial charge in [-0.15, -0.1) is 0 Å². The molecule has 0 aromatic heterocycles. The number of methoxy groups -OCH3 is 1. The summed E-state index contributed by atoms with van der Waals surface area (Å²) in [7, 11) is 3.29. The van der Waals surface area contributed by atoms with Gasteiger partial charge in [0.1, 0.15) is 11.2 Å². The van der Waals surface area contributed by atoms with Gasteiger partial charge in [0.25, 0.3) is 0 Å². The summed E-state index contributed by atoms with van der Waals surface area (Å²) >= 11 is 0. The summed E-state index contributed by atoms with van der Waals surface area (Å²) in [5.74, 6) is -0.519. The normalized spacial score (nSPS) is 15.2. The molecule has 1 aliphatic rings. The molecule has 0 heterocycles. The van der Waals surface area contributed by atoms with Gasteiger partial charge in [-0.3, -0.25) is 9.59 Å². The minimum atomic E-state index is -1.18. The van der Waals surface area contributed by atoms with E-state index in [1.165, 1.54) is 4.90 Å². The maximum Gasteiger partial charge on any atom is 0.319 e. The van der Waals surface area contributed by atoms with Crippen molar-refractivity contribution in [3.8, 4) is 5.75 Å². The molecule has 120 valence electrons. The zero-order chi connectivity index (χ0) is 16.6. The quantitative estimate of drug-likeness (QED) is 0.862. The van der Waals surface area contributed by atoms with E-state index in [-0.39, 0.29) is 5.91 Å². The molecule has 0 saturated heterocycles. The molecule has 0 bridgehead atoms. The highest BCUT2D eigenvalue weighted by Crippen LogP contribution is 2.47. The van der Waals surface area contributed by atoms with Crippen molar-refractivity contribution in [3.63, 3.8) is 0 Å². The van der Waals surface area contributed by atoms with Gasteiger partial charge in [-0.2, -0.15) is 0 Å². The lowest BCUT2D eigenvalue weighted by molar-refractivity contribution is -0.153. The Hall–Kier alpha value is -2.56. The van der Waals surface area contributed by atoms with Crippen LogP contribution in [-0.4, -0.2) is 36.0 Å². The number of nitrogens with zero attached hydrogens (tertiary/aromatic N) is 1. The standard InChI is InChI=1S/C18H19NO4/c1-19(16(20)18(7-8-18)17(21)22)11-12-3-4-14-10-15(23-2)6-5-13(14)9-12/h3-6,9-10H,7-8,11H2,1-2H3,(H,21,22). The number of rotatable bonds is 5. The predicted molar refractivity (Wildman–Crippen MR) is 86.3 cm³/mol. The van der Waals surface area contributed by atoms with Gasteiger partial charge in [-0.25, -0.2) is 0 Å². The Labute approximate surface area is 134 Å². The van der Waals surface area contributed by atoms with Crippen molar-refractivity contribution < 1.29 is 19.4 Å². The van der Waals surface area contributed by atoms with Gasteiger partial charge in [0.2, 0.25) is 5.91 Å². The summed E-state index contributed by atoms with van der Waals surface area (Å²) in [5.41, 5.74) is -0.210. The van der Waals surface area contributed by atoms with Gasteiger partial charge in [0, 0.05) is 13.6 Å². The summed E-state index contributed by atoms with van der Waals surface area (Å²) in [6.45, 7) is 0.399. The van der Waals surface area contributed by atoms with Crippen LogP contribution in [0.5, 0.6) is 5.75 Å². The first kappa shape index (κ1) is 15.3. The maximum atomic E-state index is 12.3. The minimum absolute atomic E-state index is 0.306. The number of carboxylic acids is 1. The number of amides is 1.